The van der Waals surface area contributed by atoms with Crippen molar-refractivity contribution in [3.8, 4) is 0 Å². The highest BCUT2D eigenvalue weighted by Crippen LogP contribution is 2.19. The van der Waals surface area contributed by atoms with Crippen molar-refractivity contribution in [3.63, 3.8) is 0 Å². The Morgan fingerprint density at radius 1 is 1.36 bits per heavy atom. The summed E-state index contributed by atoms with van der Waals surface area (Å²) in [7, 11) is 0. The number of amides is 2. The minimum absolute atomic E-state index is 0.205. The predicted molar refractivity (Wildman–Crippen MR) is 90.6 cm³/mol. The van der Waals surface area contributed by atoms with Crippen molar-refractivity contribution in [3.05, 3.63) is 38.5 Å². The van der Waals surface area contributed by atoms with E-state index in [0.29, 0.717) is 18.9 Å². The van der Waals surface area contributed by atoms with Crippen LogP contribution in [0, 0.1) is 0 Å². The summed E-state index contributed by atoms with van der Waals surface area (Å²) in [6.45, 7) is 4.97. The van der Waals surface area contributed by atoms with Crippen LogP contribution >= 0.6 is 22.7 Å². The number of carbonyl (C=O) groups is 1. The molecule has 2 heterocycles. The van der Waals surface area contributed by atoms with Crippen LogP contribution in [0.2, 0.25) is 0 Å². The lowest BCUT2D eigenvalue weighted by molar-refractivity contribution is 0.173. The topological polar surface area (TPSA) is 74.2 Å². The third kappa shape index (κ3) is 5.08. The minimum atomic E-state index is -0.663. The highest BCUT2D eigenvalue weighted by Gasteiger charge is 2.10. The molecule has 0 fully saturated rings. The Bertz CT molecular complexity index is 581. The maximum absolute atomic E-state index is 11.7. The molecular weight excluding hydrogens is 318 g/mol. The maximum Gasteiger partial charge on any atom is 0.314 e. The van der Waals surface area contributed by atoms with E-state index in [1.807, 2.05) is 22.2 Å². The molecule has 0 radical (unpaired) electrons. The van der Waals surface area contributed by atoms with Gasteiger partial charge in [-0.25, -0.2) is 9.78 Å². The van der Waals surface area contributed by atoms with Crippen LogP contribution in [0.5, 0.6) is 0 Å². The van der Waals surface area contributed by atoms with Gasteiger partial charge in [0.05, 0.1) is 16.8 Å². The molecule has 5 nitrogen and oxygen atoms in total. The molecule has 120 valence electrons. The van der Waals surface area contributed by atoms with E-state index in [2.05, 4.69) is 29.5 Å². The van der Waals surface area contributed by atoms with Crippen molar-refractivity contribution in [1.29, 1.82) is 0 Å². The van der Waals surface area contributed by atoms with Gasteiger partial charge in [0.25, 0.3) is 0 Å². The Morgan fingerprint density at radius 2 is 2.18 bits per heavy atom. The molecule has 0 aliphatic heterocycles. The van der Waals surface area contributed by atoms with Gasteiger partial charge in [-0.05, 0) is 22.4 Å². The smallest absolute Gasteiger partial charge is 0.314 e. The van der Waals surface area contributed by atoms with E-state index in [4.69, 9.17) is 0 Å². The Labute approximate surface area is 138 Å². The van der Waals surface area contributed by atoms with E-state index < -0.39 is 6.10 Å². The predicted octanol–water partition coefficient (Wildman–Crippen LogP) is 2.90. The van der Waals surface area contributed by atoms with E-state index in [9.17, 15) is 9.90 Å². The third-order valence-corrected chi connectivity index (χ3v) is 5.01. The molecule has 7 heteroatoms. The van der Waals surface area contributed by atoms with Crippen molar-refractivity contribution in [2.24, 2.45) is 0 Å². The summed E-state index contributed by atoms with van der Waals surface area (Å²) >= 11 is 3.18. The van der Waals surface area contributed by atoms with Gasteiger partial charge in [-0.1, -0.05) is 13.8 Å². The van der Waals surface area contributed by atoms with Gasteiger partial charge in [-0.2, -0.15) is 11.3 Å². The first-order valence-corrected chi connectivity index (χ1v) is 9.04. The highest BCUT2D eigenvalue weighted by atomic mass is 32.1. The monoisotopic (exact) mass is 339 g/mol. The fourth-order valence-electron chi connectivity index (χ4n) is 1.84. The molecular formula is C15H21N3O2S2. The number of carbonyl (C=O) groups excluding carboxylic acids is 1. The minimum Gasteiger partial charge on any atom is -0.387 e. The molecule has 2 aromatic rings. The second-order valence-electron chi connectivity index (χ2n) is 5.29. The van der Waals surface area contributed by atoms with Gasteiger partial charge in [0.2, 0.25) is 0 Å². The zero-order valence-electron chi connectivity index (χ0n) is 12.7. The quantitative estimate of drug-likeness (QED) is 0.726. The molecule has 1 unspecified atom stereocenters. The van der Waals surface area contributed by atoms with Gasteiger partial charge >= 0.3 is 6.03 Å². The second-order valence-corrected chi connectivity index (χ2v) is 6.96. The number of aromatic nitrogens is 1. The zero-order chi connectivity index (χ0) is 15.9. The van der Waals surface area contributed by atoms with Gasteiger partial charge in [0.15, 0.2) is 0 Å². The van der Waals surface area contributed by atoms with Crippen LogP contribution in [0.4, 0.5) is 4.79 Å². The maximum atomic E-state index is 11.7. The molecule has 3 N–H and O–H groups in total. The number of hydrogen-bond donors (Lipinski definition) is 3. The van der Waals surface area contributed by atoms with E-state index in [1.54, 1.807) is 11.3 Å². The second kappa shape index (κ2) is 8.26. The van der Waals surface area contributed by atoms with Crippen LogP contribution in [0.15, 0.2) is 22.2 Å². The van der Waals surface area contributed by atoms with Gasteiger partial charge in [0, 0.05) is 30.8 Å². The molecule has 2 amide bonds. The summed E-state index contributed by atoms with van der Waals surface area (Å²) < 4.78 is 0. The molecule has 22 heavy (non-hydrogen) atoms. The van der Waals surface area contributed by atoms with Crippen LogP contribution < -0.4 is 10.6 Å². The van der Waals surface area contributed by atoms with E-state index in [-0.39, 0.29) is 12.6 Å². The average Bonchev–Trinajstić information content (AvgIpc) is 3.16. The van der Waals surface area contributed by atoms with Crippen LogP contribution in [-0.2, 0) is 6.42 Å². The van der Waals surface area contributed by atoms with Crippen molar-refractivity contribution in [1.82, 2.24) is 15.6 Å². The zero-order valence-corrected chi connectivity index (χ0v) is 14.3. The molecule has 1 atom stereocenters. The van der Waals surface area contributed by atoms with Crippen LogP contribution in [0.1, 0.15) is 42.1 Å². The van der Waals surface area contributed by atoms with Gasteiger partial charge in [0.1, 0.15) is 0 Å². The first kappa shape index (κ1) is 16.9. The molecule has 0 saturated carbocycles. The third-order valence-electron chi connectivity index (χ3n) is 3.11. The van der Waals surface area contributed by atoms with Crippen molar-refractivity contribution >= 4 is 28.7 Å². The molecule has 0 spiro atoms. The van der Waals surface area contributed by atoms with Crippen molar-refractivity contribution in [2.75, 3.05) is 13.1 Å². The summed E-state index contributed by atoms with van der Waals surface area (Å²) in [6.07, 6.45) is 0.0492. The number of rotatable bonds is 7. The van der Waals surface area contributed by atoms with Crippen LogP contribution in [0.3, 0.4) is 0 Å². The van der Waals surface area contributed by atoms with Crippen molar-refractivity contribution in [2.45, 2.75) is 32.3 Å². The molecule has 2 aromatic heterocycles. The normalized spacial score (nSPS) is 12.4. The number of aliphatic hydroxyl groups is 1. The Hall–Kier alpha value is -1.44. The number of thiazole rings is 1. The summed E-state index contributed by atoms with van der Waals surface area (Å²) in [5.74, 6) is 0.439. The summed E-state index contributed by atoms with van der Waals surface area (Å²) in [6, 6.07) is 1.58. The number of nitrogens with zero attached hydrogens (tertiary/aromatic N) is 1. The molecule has 0 aliphatic carbocycles. The standard InChI is InChI=1S/C15H21N3O2S2/c1-10(2)14-18-12(9-22-14)3-5-16-15(20)17-7-13(19)11-4-6-21-8-11/h4,6,8-10,13,19H,3,5,7H2,1-2H3,(H2,16,17,20). The number of aliphatic hydroxyl groups excluding tert-OH is 1. The van der Waals surface area contributed by atoms with Crippen LogP contribution in [0.25, 0.3) is 0 Å². The number of nitrogens with one attached hydrogen (secondary N) is 2. The largest absolute Gasteiger partial charge is 0.387 e. The molecule has 2 rings (SSSR count). The Morgan fingerprint density at radius 3 is 2.82 bits per heavy atom. The lowest BCUT2D eigenvalue weighted by atomic mass is 10.2. The average molecular weight is 339 g/mol. The first-order chi connectivity index (χ1) is 10.6. The van der Waals surface area contributed by atoms with Gasteiger partial charge in [-0.15, -0.1) is 11.3 Å². The van der Waals surface area contributed by atoms with Gasteiger partial charge < -0.3 is 15.7 Å². The molecule has 0 saturated heterocycles. The number of urea groups is 1. The van der Waals surface area contributed by atoms with Crippen LogP contribution in [-0.4, -0.2) is 29.2 Å². The number of thiophene rings is 1. The van der Waals surface area contributed by atoms with Crippen molar-refractivity contribution < 1.29 is 9.90 Å². The SMILES string of the molecule is CC(C)c1nc(CCNC(=O)NCC(O)c2ccsc2)cs1. The fourth-order valence-corrected chi connectivity index (χ4v) is 3.42. The fraction of sp³-hybridized carbons (Fsp3) is 0.467. The Balaban J connectivity index is 1.65. The summed E-state index contributed by atoms with van der Waals surface area (Å²) in [5, 5.41) is 22.3. The van der Waals surface area contributed by atoms with E-state index in [0.717, 1.165) is 16.3 Å². The van der Waals surface area contributed by atoms with E-state index >= 15 is 0 Å². The highest BCUT2D eigenvalue weighted by molar-refractivity contribution is 7.09. The van der Waals surface area contributed by atoms with Gasteiger partial charge in [-0.3, -0.25) is 0 Å². The molecule has 0 aliphatic rings. The Kier molecular flexibility index (Phi) is 6.35. The molecule has 0 aromatic carbocycles. The molecule has 0 bridgehead atoms. The summed E-state index contributed by atoms with van der Waals surface area (Å²) in [5.41, 5.74) is 1.83. The first-order valence-electron chi connectivity index (χ1n) is 7.22. The lowest BCUT2D eigenvalue weighted by Crippen LogP contribution is -2.38. The number of hydrogen-bond acceptors (Lipinski definition) is 5. The summed E-state index contributed by atoms with van der Waals surface area (Å²) in [4.78, 5) is 16.2. The van der Waals surface area contributed by atoms with E-state index in [1.165, 1.54) is 11.3 Å². The lowest BCUT2D eigenvalue weighted by Gasteiger charge is -2.11.